The largest absolute Gasteiger partial charge is 0.317 e. The summed E-state index contributed by atoms with van der Waals surface area (Å²) in [6, 6.07) is 6.15. The third-order valence-electron chi connectivity index (χ3n) is 3.81. The van der Waals surface area contributed by atoms with Crippen LogP contribution in [0.5, 0.6) is 0 Å². The Morgan fingerprint density at radius 3 is 2.18 bits per heavy atom. The Bertz CT molecular complexity index is 711. The number of rotatable bonds is 5. The summed E-state index contributed by atoms with van der Waals surface area (Å²) in [4.78, 5) is 0. The van der Waals surface area contributed by atoms with E-state index >= 15 is 0 Å². The van der Waals surface area contributed by atoms with E-state index < -0.39 is 43.8 Å². The van der Waals surface area contributed by atoms with Crippen molar-refractivity contribution in [1.29, 1.82) is 5.26 Å². The lowest BCUT2D eigenvalue weighted by atomic mass is 9.82. The fourth-order valence-electron chi connectivity index (χ4n) is 1.94. The van der Waals surface area contributed by atoms with Crippen molar-refractivity contribution in [2.75, 3.05) is 6.26 Å². The summed E-state index contributed by atoms with van der Waals surface area (Å²) >= 11 is 0. The van der Waals surface area contributed by atoms with E-state index in [1.54, 1.807) is 0 Å². The first-order valence-corrected chi connectivity index (χ1v) is 8.20. The molecule has 0 saturated carbocycles. The third kappa shape index (κ3) is 3.10. The van der Waals surface area contributed by atoms with Crippen LogP contribution in [0, 0.1) is 17.1 Å². The quantitative estimate of drug-likeness (QED) is 0.896. The van der Waals surface area contributed by atoms with Gasteiger partial charge in [-0.05, 0) is 19.9 Å². The number of sulfone groups is 1. The van der Waals surface area contributed by atoms with Crippen LogP contribution in [0.4, 0.5) is 13.2 Å². The van der Waals surface area contributed by atoms with Gasteiger partial charge in [-0.15, -0.1) is 0 Å². The molecule has 2 N–H and O–H groups in total. The van der Waals surface area contributed by atoms with E-state index in [0.29, 0.717) is 6.26 Å². The first kappa shape index (κ1) is 18.5. The van der Waals surface area contributed by atoms with Gasteiger partial charge in [0.2, 0.25) is 0 Å². The summed E-state index contributed by atoms with van der Waals surface area (Å²) in [5, 5.41) is 9.00. The lowest BCUT2D eigenvalue weighted by Gasteiger charge is -2.37. The molecule has 1 aromatic rings. The topological polar surface area (TPSA) is 83.9 Å². The molecule has 8 heteroatoms. The second kappa shape index (κ2) is 5.56. The first-order chi connectivity index (χ1) is 9.78. The van der Waals surface area contributed by atoms with Gasteiger partial charge in [0, 0.05) is 18.2 Å². The second-order valence-electron chi connectivity index (χ2n) is 5.68. The van der Waals surface area contributed by atoms with E-state index in [-0.39, 0.29) is 0 Å². The van der Waals surface area contributed by atoms with Crippen LogP contribution in [0.15, 0.2) is 24.3 Å². The zero-order chi connectivity index (χ0) is 17.4. The van der Waals surface area contributed by atoms with E-state index in [0.717, 1.165) is 26.0 Å². The van der Waals surface area contributed by atoms with Gasteiger partial charge < -0.3 is 5.73 Å². The number of nitriles is 1. The van der Waals surface area contributed by atoms with Crippen molar-refractivity contribution in [2.24, 2.45) is 5.73 Å². The predicted octanol–water partition coefficient (Wildman–Crippen LogP) is 2.35. The average molecular weight is 334 g/mol. The van der Waals surface area contributed by atoms with E-state index in [1.807, 2.05) is 0 Å². The molecule has 22 heavy (non-hydrogen) atoms. The maximum absolute atomic E-state index is 14.6. The second-order valence-corrected chi connectivity index (χ2v) is 8.12. The third-order valence-corrected chi connectivity index (χ3v) is 5.68. The molecule has 0 aromatic heterocycles. The van der Waals surface area contributed by atoms with Crippen LogP contribution in [0.2, 0.25) is 0 Å². The molecule has 1 rings (SSSR count). The Hall–Kier alpha value is -1.59. The van der Waals surface area contributed by atoms with Crippen LogP contribution < -0.4 is 5.73 Å². The molecule has 0 spiro atoms. The normalized spacial score (nSPS) is 18.1. The molecule has 122 valence electrons. The smallest absolute Gasteiger partial charge is 0.272 e. The van der Waals surface area contributed by atoms with Crippen molar-refractivity contribution >= 4 is 9.84 Å². The zero-order valence-electron chi connectivity index (χ0n) is 12.4. The molecule has 0 aliphatic rings. The summed E-state index contributed by atoms with van der Waals surface area (Å²) in [6.45, 7) is 1.80. The van der Waals surface area contributed by atoms with Gasteiger partial charge in [0.25, 0.3) is 5.92 Å². The van der Waals surface area contributed by atoms with Crippen molar-refractivity contribution in [2.45, 2.75) is 36.5 Å². The maximum atomic E-state index is 14.6. The van der Waals surface area contributed by atoms with E-state index in [4.69, 9.17) is 11.0 Å². The molecule has 1 aromatic carbocycles. The van der Waals surface area contributed by atoms with Gasteiger partial charge in [0.05, 0.1) is 6.07 Å². The number of hydrogen-bond donors (Lipinski definition) is 1. The van der Waals surface area contributed by atoms with Gasteiger partial charge in [-0.3, -0.25) is 0 Å². The van der Waals surface area contributed by atoms with Crippen LogP contribution in [-0.2, 0) is 15.4 Å². The van der Waals surface area contributed by atoms with Crippen LogP contribution in [0.3, 0.4) is 0 Å². The molecule has 0 bridgehead atoms. The summed E-state index contributed by atoms with van der Waals surface area (Å²) in [5.74, 6) is -4.76. The summed E-state index contributed by atoms with van der Waals surface area (Å²) in [6.07, 6.45) is -0.639. The number of nitrogens with zero attached hydrogens (tertiary/aromatic N) is 1. The molecule has 2 unspecified atom stereocenters. The number of alkyl halides is 2. The lowest BCUT2D eigenvalue weighted by Crippen LogP contribution is -2.55. The highest BCUT2D eigenvalue weighted by Gasteiger charge is 2.56. The first-order valence-electron chi connectivity index (χ1n) is 6.31. The van der Waals surface area contributed by atoms with Crippen molar-refractivity contribution in [3.8, 4) is 6.07 Å². The van der Waals surface area contributed by atoms with Crippen LogP contribution >= 0.6 is 0 Å². The van der Waals surface area contributed by atoms with E-state index in [2.05, 4.69) is 0 Å². The molecule has 0 amide bonds. The summed E-state index contributed by atoms with van der Waals surface area (Å²) < 4.78 is 63.8. The van der Waals surface area contributed by atoms with Crippen molar-refractivity contribution in [1.82, 2.24) is 0 Å². The van der Waals surface area contributed by atoms with Gasteiger partial charge in [-0.25, -0.2) is 21.6 Å². The number of benzene rings is 1. The van der Waals surface area contributed by atoms with Gasteiger partial charge in [-0.1, -0.05) is 18.2 Å². The fraction of sp³-hybridized carbons (Fsp3) is 0.500. The minimum absolute atomic E-state index is 0.450. The van der Waals surface area contributed by atoms with Gasteiger partial charge >= 0.3 is 0 Å². The highest BCUT2D eigenvalue weighted by atomic mass is 32.2. The highest BCUT2D eigenvalue weighted by Crippen LogP contribution is 2.43. The Morgan fingerprint density at radius 1 is 1.27 bits per heavy atom. The number of halogens is 3. The standard InChI is InChI=1S/C14H17F3N2O2S/c1-12(9-18,22(3,20)21)8-14(16,17)13(2,19)10-6-4-5-7-11(10)15/h4-7H,8,19H2,1-3H3. The van der Waals surface area contributed by atoms with E-state index in [1.165, 1.54) is 18.2 Å². The van der Waals surface area contributed by atoms with Crippen molar-refractivity contribution in [3.05, 3.63) is 35.6 Å². The summed E-state index contributed by atoms with van der Waals surface area (Å²) in [5.41, 5.74) is 2.71. The average Bonchev–Trinajstić information content (AvgIpc) is 2.36. The Kier molecular flexibility index (Phi) is 4.66. The lowest BCUT2D eigenvalue weighted by molar-refractivity contribution is -0.0822. The fourth-order valence-corrected chi connectivity index (χ4v) is 2.55. The highest BCUT2D eigenvalue weighted by molar-refractivity contribution is 7.92. The van der Waals surface area contributed by atoms with Gasteiger partial charge in [0.1, 0.15) is 11.4 Å². The summed E-state index contributed by atoms with van der Waals surface area (Å²) in [7, 11) is -4.09. The predicted molar refractivity (Wildman–Crippen MR) is 76.4 cm³/mol. The molecular weight excluding hydrogens is 317 g/mol. The Labute approximate surface area is 127 Å². The maximum Gasteiger partial charge on any atom is 0.272 e. The SMILES string of the molecule is CC(N)(c1ccccc1F)C(F)(F)CC(C)(C#N)S(C)(=O)=O. The number of nitrogens with two attached hydrogens (primary N) is 1. The molecule has 0 radical (unpaired) electrons. The van der Waals surface area contributed by atoms with Crippen LogP contribution in [-0.4, -0.2) is 25.3 Å². The zero-order valence-corrected chi connectivity index (χ0v) is 13.2. The van der Waals surface area contributed by atoms with Crippen LogP contribution in [0.1, 0.15) is 25.8 Å². The molecular formula is C14H17F3N2O2S. The Morgan fingerprint density at radius 2 is 1.77 bits per heavy atom. The van der Waals surface area contributed by atoms with Gasteiger partial charge in [0.15, 0.2) is 14.6 Å². The molecule has 0 aliphatic carbocycles. The molecule has 0 heterocycles. The number of hydrogen-bond acceptors (Lipinski definition) is 4. The monoisotopic (exact) mass is 334 g/mol. The van der Waals surface area contributed by atoms with Crippen LogP contribution in [0.25, 0.3) is 0 Å². The van der Waals surface area contributed by atoms with E-state index in [9.17, 15) is 21.6 Å². The van der Waals surface area contributed by atoms with Gasteiger partial charge in [-0.2, -0.15) is 5.26 Å². The molecule has 0 saturated heterocycles. The minimum Gasteiger partial charge on any atom is -0.317 e. The molecule has 4 nitrogen and oxygen atoms in total. The minimum atomic E-state index is -4.09. The molecule has 2 atom stereocenters. The molecule has 0 aliphatic heterocycles. The molecule has 0 fully saturated rings. The van der Waals surface area contributed by atoms with Crippen molar-refractivity contribution in [3.63, 3.8) is 0 Å². The Balaban J connectivity index is 3.35. The van der Waals surface area contributed by atoms with Crippen molar-refractivity contribution < 1.29 is 21.6 Å².